The summed E-state index contributed by atoms with van der Waals surface area (Å²) in [6.07, 6.45) is 4.13. The van der Waals surface area contributed by atoms with Gasteiger partial charge in [-0.3, -0.25) is 4.68 Å². The molecule has 0 fully saturated rings. The van der Waals surface area contributed by atoms with E-state index in [0.717, 1.165) is 4.47 Å². The predicted molar refractivity (Wildman–Crippen MR) is 89.3 cm³/mol. The minimum absolute atomic E-state index is 0.0567. The van der Waals surface area contributed by atoms with Gasteiger partial charge < -0.3 is 9.47 Å². The first-order chi connectivity index (χ1) is 11.0. The molecule has 0 aliphatic rings. The van der Waals surface area contributed by atoms with Crippen molar-refractivity contribution in [2.75, 3.05) is 20.8 Å². The average molecular weight is 404 g/mol. The summed E-state index contributed by atoms with van der Waals surface area (Å²) in [6, 6.07) is 4.65. The maximum Gasteiger partial charge on any atom is 0.244 e. The van der Waals surface area contributed by atoms with Gasteiger partial charge in [-0.25, -0.2) is 13.1 Å². The fourth-order valence-corrected chi connectivity index (χ4v) is 3.56. The van der Waals surface area contributed by atoms with Gasteiger partial charge in [-0.15, -0.1) is 0 Å². The topological polar surface area (TPSA) is 82.5 Å². The molecule has 7 nitrogen and oxygen atoms in total. The van der Waals surface area contributed by atoms with Gasteiger partial charge in [0.1, 0.15) is 16.4 Å². The Morgan fingerprint density at radius 3 is 2.70 bits per heavy atom. The first-order valence-electron chi connectivity index (χ1n) is 6.86. The van der Waals surface area contributed by atoms with Gasteiger partial charge in [0, 0.05) is 25.4 Å². The number of halogens is 1. The zero-order chi connectivity index (χ0) is 16.9. The van der Waals surface area contributed by atoms with Gasteiger partial charge in [0.2, 0.25) is 10.0 Å². The third-order valence-corrected chi connectivity index (χ3v) is 5.01. The van der Waals surface area contributed by atoms with E-state index in [2.05, 4.69) is 25.8 Å². The number of methoxy groups -OCH3 is 2. The largest absolute Gasteiger partial charge is 0.497 e. The van der Waals surface area contributed by atoms with Crippen LogP contribution in [0.2, 0.25) is 0 Å². The van der Waals surface area contributed by atoms with Crippen molar-refractivity contribution in [3.63, 3.8) is 0 Å². The summed E-state index contributed by atoms with van der Waals surface area (Å²) in [5.74, 6) is 0.724. The summed E-state index contributed by atoms with van der Waals surface area (Å²) >= 11 is 3.31. The Hall–Kier alpha value is -1.58. The van der Waals surface area contributed by atoms with Crippen molar-refractivity contribution >= 4 is 26.0 Å². The molecule has 0 saturated heterocycles. The van der Waals surface area contributed by atoms with Gasteiger partial charge in [-0.1, -0.05) is 0 Å². The van der Waals surface area contributed by atoms with E-state index in [1.165, 1.54) is 20.3 Å². The van der Waals surface area contributed by atoms with Crippen molar-refractivity contribution in [1.29, 1.82) is 0 Å². The molecular weight excluding hydrogens is 386 g/mol. The second-order valence-electron chi connectivity index (χ2n) is 4.69. The molecule has 0 atom stereocenters. The van der Waals surface area contributed by atoms with Crippen molar-refractivity contribution in [2.45, 2.75) is 17.9 Å². The average Bonchev–Trinajstić information content (AvgIpc) is 2.96. The summed E-state index contributed by atoms with van der Waals surface area (Å²) < 4.78 is 40.2. The van der Waals surface area contributed by atoms with E-state index in [1.807, 2.05) is 6.20 Å². The first-order valence-corrected chi connectivity index (χ1v) is 9.13. The highest BCUT2D eigenvalue weighted by atomic mass is 79.9. The third-order valence-electron chi connectivity index (χ3n) is 3.12. The number of hydrogen-bond donors (Lipinski definition) is 1. The molecule has 126 valence electrons. The molecule has 2 rings (SSSR count). The zero-order valence-corrected chi connectivity index (χ0v) is 15.2. The van der Waals surface area contributed by atoms with Crippen LogP contribution in [0.25, 0.3) is 0 Å². The summed E-state index contributed by atoms with van der Waals surface area (Å²) in [4.78, 5) is 0.0567. The van der Waals surface area contributed by atoms with Crippen molar-refractivity contribution in [2.24, 2.45) is 0 Å². The Balaban J connectivity index is 2.01. The molecule has 9 heteroatoms. The van der Waals surface area contributed by atoms with Crippen molar-refractivity contribution in [3.05, 3.63) is 35.1 Å². The van der Waals surface area contributed by atoms with Crippen LogP contribution in [-0.4, -0.2) is 39.0 Å². The smallest absolute Gasteiger partial charge is 0.244 e. The first kappa shape index (κ1) is 17.8. The molecule has 23 heavy (non-hydrogen) atoms. The second-order valence-corrected chi connectivity index (χ2v) is 7.34. The highest BCUT2D eigenvalue weighted by Gasteiger charge is 2.20. The minimum Gasteiger partial charge on any atom is -0.497 e. The molecule has 0 bridgehead atoms. The standard InChI is InChI=1S/C14H18BrN3O4S/c1-21-12-4-5-13(22-2)14(8-12)23(19,20)17-6-3-7-18-10-11(15)9-16-18/h4-5,8-10,17H,3,6-7H2,1-2H3. The molecule has 0 spiro atoms. The molecule has 2 aromatic rings. The highest BCUT2D eigenvalue weighted by molar-refractivity contribution is 9.10. The summed E-state index contributed by atoms with van der Waals surface area (Å²) in [5.41, 5.74) is 0. The van der Waals surface area contributed by atoms with E-state index in [1.54, 1.807) is 23.0 Å². The van der Waals surface area contributed by atoms with Crippen LogP contribution in [-0.2, 0) is 16.6 Å². The number of nitrogens with zero attached hydrogens (tertiary/aromatic N) is 2. The number of hydrogen-bond acceptors (Lipinski definition) is 5. The van der Waals surface area contributed by atoms with Crippen molar-refractivity contribution < 1.29 is 17.9 Å². The Bertz CT molecular complexity index is 761. The predicted octanol–water partition coefficient (Wildman–Crippen LogP) is 2.03. The monoisotopic (exact) mass is 403 g/mol. The Morgan fingerprint density at radius 1 is 1.30 bits per heavy atom. The lowest BCUT2D eigenvalue weighted by Crippen LogP contribution is -2.26. The van der Waals surface area contributed by atoms with E-state index < -0.39 is 10.0 Å². The number of aryl methyl sites for hydroxylation is 1. The van der Waals surface area contributed by atoms with Crippen LogP contribution in [0.3, 0.4) is 0 Å². The molecule has 1 N–H and O–H groups in total. The van der Waals surface area contributed by atoms with E-state index >= 15 is 0 Å². The lowest BCUT2D eigenvalue weighted by molar-refractivity contribution is 0.392. The van der Waals surface area contributed by atoms with E-state index in [4.69, 9.17) is 9.47 Å². The Kier molecular flexibility index (Phi) is 6.03. The van der Waals surface area contributed by atoms with Gasteiger partial charge in [0.25, 0.3) is 0 Å². The highest BCUT2D eigenvalue weighted by Crippen LogP contribution is 2.27. The number of rotatable bonds is 8. The number of benzene rings is 1. The van der Waals surface area contributed by atoms with Gasteiger partial charge in [0.05, 0.1) is 24.9 Å². The second kappa shape index (κ2) is 7.80. The molecule has 0 amide bonds. The molecule has 0 radical (unpaired) electrons. The van der Waals surface area contributed by atoms with Crippen LogP contribution in [0.4, 0.5) is 0 Å². The summed E-state index contributed by atoms with van der Waals surface area (Å²) in [5, 5.41) is 4.11. The van der Waals surface area contributed by atoms with Gasteiger partial charge >= 0.3 is 0 Å². The molecule has 0 aliphatic carbocycles. The molecule has 0 unspecified atom stereocenters. The molecule has 0 aliphatic heterocycles. The third kappa shape index (κ3) is 4.69. The fraction of sp³-hybridized carbons (Fsp3) is 0.357. The maximum absolute atomic E-state index is 12.4. The number of nitrogens with one attached hydrogen (secondary N) is 1. The van der Waals surface area contributed by atoms with E-state index in [-0.39, 0.29) is 10.6 Å². The van der Waals surface area contributed by atoms with E-state index in [9.17, 15) is 8.42 Å². The Morgan fingerprint density at radius 2 is 2.09 bits per heavy atom. The van der Waals surface area contributed by atoms with Crippen LogP contribution in [0.15, 0.2) is 40.0 Å². The van der Waals surface area contributed by atoms with Crippen LogP contribution in [0.5, 0.6) is 11.5 Å². The van der Waals surface area contributed by atoms with Crippen LogP contribution >= 0.6 is 15.9 Å². The van der Waals surface area contributed by atoms with Gasteiger partial charge in [-0.05, 0) is 34.5 Å². The number of ether oxygens (including phenoxy) is 2. The maximum atomic E-state index is 12.4. The summed E-state index contributed by atoms with van der Waals surface area (Å²) in [6.45, 7) is 0.906. The van der Waals surface area contributed by atoms with E-state index in [0.29, 0.717) is 25.3 Å². The summed E-state index contributed by atoms with van der Waals surface area (Å²) in [7, 11) is -0.772. The molecule has 1 aromatic heterocycles. The number of sulfonamides is 1. The molecular formula is C14H18BrN3O4S. The Labute approximate surface area is 143 Å². The molecule has 0 saturated carbocycles. The van der Waals surface area contributed by atoms with Crippen LogP contribution in [0.1, 0.15) is 6.42 Å². The fourth-order valence-electron chi connectivity index (χ4n) is 1.98. The van der Waals surface area contributed by atoms with Gasteiger partial charge in [-0.2, -0.15) is 5.10 Å². The van der Waals surface area contributed by atoms with Crippen LogP contribution in [0, 0.1) is 0 Å². The SMILES string of the molecule is COc1ccc(OC)c(S(=O)(=O)NCCCn2cc(Br)cn2)c1. The van der Waals surface area contributed by atoms with Crippen molar-refractivity contribution in [3.8, 4) is 11.5 Å². The zero-order valence-electron chi connectivity index (χ0n) is 12.8. The minimum atomic E-state index is -3.68. The normalized spacial score (nSPS) is 11.4. The lowest BCUT2D eigenvalue weighted by atomic mass is 10.3. The quantitative estimate of drug-likeness (QED) is 0.681. The van der Waals surface area contributed by atoms with Crippen molar-refractivity contribution in [1.82, 2.24) is 14.5 Å². The number of aromatic nitrogens is 2. The molecule has 1 aromatic carbocycles. The lowest BCUT2D eigenvalue weighted by Gasteiger charge is -2.12. The molecule has 1 heterocycles. The van der Waals surface area contributed by atoms with Gasteiger partial charge in [0.15, 0.2) is 0 Å². The van der Waals surface area contributed by atoms with Crippen LogP contribution < -0.4 is 14.2 Å².